The molecular formula is C20H21N5O. The summed E-state index contributed by atoms with van der Waals surface area (Å²) in [6.07, 6.45) is 3.14. The molecule has 6 heteroatoms. The van der Waals surface area contributed by atoms with Crippen molar-refractivity contribution in [3.63, 3.8) is 0 Å². The standard InChI is InChI=1S/C20H21N5O/c1-14-9-16(25-13-21-12-22-25)7-8-17(14)20(26)23-19-11-24(2)10-15-5-3-4-6-18(15)19/h3-9,12-13,19H,10-11H2,1-2H3,(H,23,26). The van der Waals surface area contributed by atoms with E-state index >= 15 is 0 Å². The van der Waals surface area contributed by atoms with Crippen LogP contribution in [0.2, 0.25) is 0 Å². The minimum absolute atomic E-state index is 0.00755. The summed E-state index contributed by atoms with van der Waals surface area (Å²) in [7, 11) is 2.08. The molecule has 0 saturated heterocycles. The van der Waals surface area contributed by atoms with Crippen LogP contribution in [0, 0.1) is 6.92 Å². The van der Waals surface area contributed by atoms with Crippen LogP contribution in [0.15, 0.2) is 55.1 Å². The third-order valence-electron chi connectivity index (χ3n) is 4.81. The van der Waals surface area contributed by atoms with Gasteiger partial charge in [-0.1, -0.05) is 24.3 Å². The Morgan fingerprint density at radius 1 is 1.23 bits per heavy atom. The van der Waals surface area contributed by atoms with Crippen molar-refractivity contribution in [2.75, 3.05) is 13.6 Å². The molecule has 1 aliphatic rings. The van der Waals surface area contributed by atoms with Gasteiger partial charge in [-0.2, -0.15) is 5.10 Å². The lowest BCUT2D eigenvalue weighted by Gasteiger charge is -2.32. The number of likely N-dealkylation sites (N-methyl/N-ethyl adjacent to an activating group) is 1. The zero-order valence-corrected chi connectivity index (χ0v) is 14.9. The number of hydrogen-bond acceptors (Lipinski definition) is 4. The van der Waals surface area contributed by atoms with E-state index in [0.29, 0.717) is 5.56 Å². The van der Waals surface area contributed by atoms with Crippen molar-refractivity contribution in [1.29, 1.82) is 0 Å². The van der Waals surface area contributed by atoms with Gasteiger partial charge in [0.2, 0.25) is 0 Å². The third kappa shape index (κ3) is 3.11. The number of amides is 1. The molecule has 3 aromatic rings. The lowest BCUT2D eigenvalue weighted by molar-refractivity contribution is 0.0921. The number of fused-ring (bicyclic) bond motifs is 1. The fourth-order valence-electron chi connectivity index (χ4n) is 3.53. The van der Waals surface area contributed by atoms with Gasteiger partial charge in [0.05, 0.1) is 11.7 Å². The van der Waals surface area contributed by atoms with Crippen molar-refractivity contribution in [3.8, 4) is 5.69 Å². The highest BCUT2D eigenvalue weighted by molar-refractivity contribution is 5.96. The van der Waals surface area contributed by atoms with E-state index in [1.165, 1.54) is 17.5 Å². The van der Waals surface area contributed by atoms with E-state index in [0.717, 1.165) is 24.3 Å². The smallest absolute Gasteiger partial charge is 0.252 e. The fraction of sp³-hybridized carbons (Fsp3) is 0.250. The number of aryl methyl sites for hydroxylation is 1. The summed E-state index contributed by atoms with van der Waals surface area (Å²) in [5, 5.41) is 7.33. The minimum Gasteiger partial charge on any atom is -0.344 e. The molecule has 6 nitrogen and oxygen atoms in total. The predicted molar refractivity (Wildman–Crippen MR) is 99.1 cm³/mol. The van der Waals surface area contributed by atoms with Crippen LogP contribution in [0.1, 0.15) is 33.1 Å². The van der Waals surface area contributed by atoms with Gasteiger partial charge in [-0.25, -0.2) is 9.67 Å². The molecule has 0 radical (unpaired) electrons. The van der Waals surface area contributed by atoms with E-state index in [-0.39, 0.29) is 11.9 Å². The van der Waals surface area contributed by atoms with Crippen LogP contribution in [0.3, 0.4) is 0 Å². The molecule has 1 aromatic heterocycles. The number of aromatic nitrogens is 3. The molecule has 132 valence electrons. The molecular weight excluding hydrogens is 326 g/mol. The van der Waals surface area contributed by atoms with Crippen molar-refractivity contribution in [2.45, 2.75) is 19.5 Å². The number of hydrogen-bond donors (Lipinski definition) is 1. The van der Waals surface area contributed by atoms with Crippen LogP contribution < -0.4 is 5.32 Å². The summed E-state index contributed by atoms with van der Waals surface area (Å²) >= 11 is 0. The molecule has 0 spiro atoms. The quantitative estimate of drug-likeness (QED) is 0.791. The van der Waals surface area contributed by atoms with Gasteiger partial charge in [0.15, 0.2) is 0 Å². The molecule has 1 atom stereocenters. The topological polar surface area (TPSA) is 63.1 Å². The van der Waals surface area contributed by atoms with Gasteiger partial charge in [-0.05, 0) is 48.9 Å². The summed E-state index contributed by atoms with van der Waals surface area (Å²) in [4.78, 5) is 19.1. The number of carbonyl (C=O) groups is 1. The molecule has 0 fully saturated rings. The summed E-state index contributed by atoms with van der Waals surface area (Å²) in [6, 6.07) is 14.0. The zero-order chi connectivity index (χ0) is 18.1. The molecule has 1 N–H and O–H groups in total. The summed E-state index contributed by atoms with van der Waals surface area (Å²) in [6.45, 7) is 3.66. The summed E-state index contributed by atoms with van der Waals surface area (Å²) in [5.74, 6) is -0.0530. The van der Waals surface area contributed by atoms with Gasteiger partial charge in [0, 0.05) is 18.7 Å². The number of nitrogens with one attached hydrogen (secondary N) is 1. The van der Waals surface area contributed by atoms with Crippen molar-refractivity contribution in [2.24, 2.45) is 0 Å². The van der Waals surface area contributed by atoms with Crippen LogP contribution in [-0.4, -0.2) is 39.2 Å². The number of carbonyl (C=O) groups excluding carboxylic acids is 1. The van der Waals surface area contributed by atoms with Crippen LogP contribution in [0.5, 0.6) is 0 Å². The van der Waals surface area contributed by atoms with Crippen molar-refractivity contribution in [1.82, 2.24) is 25.0 Å². The van der Waals surface area contributed by atoms with Gasteiger partial charge in [0.1, 0.15) is 12.7 Å². The number of nitrogens with zero attached hydrogens (tertiary/aromatic N) is 4. The first-order valence-electron chi connectivity index (χ1n) is 8.64. The number of rotatable bonds is 3. The lowest BCUT2D eigenvalue weighted by Crippen LogP contribution is -2.40. The van der Waals surface area contributed by atoms with E-state index < -0.39 is 0 Å². The third-order valence-corrected chi connectivity index (χ3v) is 4.81. The van der Waals surface area contributed by atoms with E-state index in [1.807, 2.05) is 37.3 Å². The molecule has 1 unspecified atom stereocenters. The maximum Gasteiger partial charge on any atom is 0.252 e. The Morgan fingerprint density at radius 3 is 2.85 bits per heavy atom. The first-order valence-corrected chi connectivity index (χ1v) is 8.64. The minimum atomic E-state index is -0.0530. The molecule has 0 bridgehead atoms. The van der Waals surface area contributed by atoms with Crippen LogP contribution in [0.4, 0.5) is 0 Å². The predicted octanol–water partition coefficient (Wildman–Crippen LogP) is 2.49. The van der Waals surface area contributed by atoms with Crippen molar-refractivity contribution in [3.05, 3.63) is 77.4 Å². The summed E-state index contributed by atoms with van der Waals surface area (Å²) < 4.78 is 1.68. The second-order valence-corrected chi connectivity index (χ2v) is 6.76. The van der Waals surface area contributed by atoms with Crippen molar-refractivity contribution < 1.29 is 4.79 Å². The Morgan fingerprint density at radius 2 is 2.08 bits per heavy atom. The Bertz CT molecular complexity index is 935. The van der Waals surface area contributed by atoms with Gasteiger partial charge >= 0.3 is 0 Å². The molecule has 1 aliphatic heterocycles. The second kappa shape index (κ2) is 6.72. The average molecular weight is 347 g/mol. The normalized spacial score (nSPS) is 16.9. The first-order chi connectivity index (χ1) is 12.6. The van der Waals surface area contributed by atoms with Gasteiger partial charge < -0.3 is 5.32 Å². The Kier molecular flexibility index (Phi) is 4.26. The maximum atomic E-state index is 12.9. The van der Waals surface area contributed by atoms with E-state index in [4.69, 9.17) is 0 Å². The fourth-order valence-corrected chi connectivity index (χ4v) is 3.53. The SMILES string of the molecule is Cc1cc(-n2cncn2)ccc1C(=O)NC1CN(C)Cc2ccccc21. The van der Waals surface area contributed by atoms with Gasteiger partial charge in [0.25, 0.3) is 5.91 Å². The van der Waals surface area contributed by atoms with E-state index in [1.54, 1.807) is 11.0 Å². The molecule has 4 rings (SSSR count). The number of benzene rings is 2. The highest BCUT2D eigenvalue weighted by atomic mass is 16.1. The largest absolute Gasteiger partial charge is 0.344 e. The van der Waals surface area contributed by atoms with Crippen molar-refractivity contribution >= 4 is 5.91 Å². The Hall–Kier alpha value is -2.99. The van der Waals surface area contributed by atoms with E-state index in [9.17, 15) is 4.79 Å². The lowest BCUT2D eigenvalue weighted by atomic mass is 9.95. The molecule has 26 heavy (non-hydrogen) atoms. The van der Waals surface area contributed by atoms with Gasteiger partial charge in [-0.15, -0.1) is 0 Å². The van der Waals surface area contributed by atoms with Gasteiger partial charge in [-0.3, -0.25) is 9.69 Å². The molecule has 2 heterocycles. The highest BCUT2D eigenvalue weighted by Crippen LogP contribution is 2.26. The molecule has 1 amide bonds. The first kappa shape index (κ1) is 16.5. The summed E-state index contributed by atoms with van der Waals surface area (Å²) in [5.41, 5.74) is 4.95. The molecule has 2 aromatic carbocycles. The second-order valence-electron chi connectivity index (χ2n) is 6.76. The average Bonchev–Trinajstić information content (AvgIpc) is 3.16. The Balaban J connectivity index is 1.57. The highest BCUT2D eigenvalue weighted by Gasteiger charge is 2.25. The Labute approximate surface area is 152 Å². The van der Waals surface area contributed by atoms with E-state index in [2.05, 4.69) is 39.5 Å². The monoisotopic (exact) mass is 347 g/mol. The van der Waals surface area contributed by atoms with Crippen LogP contribution >= 0.6 is 0 Å². The maximum absolute atomic E-state index is 12.9. The molecule has 0 saturated carbocycles. The van der Waals surface area contributed by atoms with Crippen LogP contribution in [-0.2, 0) is 6.54 Å². The zero-order valence-electron chi connectivity index (χ0n) is 14.9. The molecule has 0 aliphatic carbocycles. The van der Waals surface area contributed by atoms with Crippen LogP contribution in [0.25, 0.3) is 5.69 Å².